The molecule has 1 aromatic heterocycles. The van der Waals surface area contributed by atoms with Gasteiger partial charge in [-0.3, -0.25) is 4.79 Å². The number of carbonyl (C=O) groups excluding carboxylic acids is 1. The fraction of sp³-hybridized carbons (Fsp3) is 0.438. The summed E-state index contributed by atoms with van der Waals surface area (Å²) in [7, 11) is -1.56. The van der Waals surface area contributed by atoms with Gasteiger partial charge in [0.15, 0.2) is 9.84 Å². The first-order valence-electron chi connectivity index (χ1n) is 7.93. The SMILES string of the molecule is CCN(C(=O)c1nnc(-c2ccccc2OC)o1)C1CCS(=O)(=O)C1. The van der Waals surface area contributed by atoms with Crippen molar-refractivity contribution in [3.63, 3.8) is 0 Å². The van der Waals surface area contributed by atoms with Crippen LogP contribution in [-0.2, 0) is 9.84 Å². The number of rotatable bonds is 5. The van der Waals surface area contributed by atoms with E-state index < -0.39 is 15.7 Å². The van der Waals surface area contributed by atoms with Crippen LogP contribution in [0.25, 0.3) is 11.5 Å². The maximum absolute atomic E-state index is 12.7. The Labute approximate surface area is 145 Å². The number of hydrogen-bond acceptors (Lipinski definition) is 7. The number of ether oxygens (including phenoxy) is 1. The highest BCUT2D eigenvalue weighted by Gasteiger charge is 2.36. The summed E-state index contributed by atoms with van der Waals surface area (Å²) in [4.78, 5) is 14.2. The standard InChI is InChI=1S/C16H19N3O5S/c1-3-19(11-8-9-25(21,22)10-11)16(20)15-18-17-14(24-15)12-6-4-5-7-13(12)23-2/h4-7,11H,3,8-10H2,1-2H3. The zero-order valence-electron chi connectivity index (χ0n) is 14.0. The van der Waals surface area contributed by atoms with E-state index in [0.29, 0.717) is 24.3 Å². The quantitative estimate of drug-likeness (QED) is 0.789. The second kappa shape index (κ2) is 6.83. The molecule has 0 bridgehead atoms. The minimum atomic E-state index is -3.09. The fourth-order valence-corrected chi connectivity index (χ4v) is 4.68. The second-order valence-electron chi connectivity index (χ2n) is 5.76. The number of benzene rings is 1. The molecule has 0 spiro atoms. The molecular weight excluding hydrogens is 346 g/mol. The molecule has 1 aliphatic heterocycles. The number of carbonyl (C=O) groups is 1. The lowest BCUT2D eigenvalue weighted by atomic mass is 10.2. The number of aromatic nitrogens is 2. The Morgan fingerprint density at radius 2 is 2.12 bits per heavy atom. The molecule has 134 valence electrons. The summed E-state index contributed by atoms with van der Waals surface area (Å²) in [5, 5.41) is 7.76. The van der Waals surface area contributed by atoms with Gasteiger partial charge in [0.05, 0.1) is 24.2 Å². The number of nitrogens with zero attached hydrogens (tertiary/aromatic N) is 3. The first-order chi connectivity index (χ1) is 11.9. The Hall–Kier alpha value is -2.42. The van der Waals surface area contributed by atoms with Gasteiger partial charge in [-0.05, 0) is 25.5 Å². The predicted molar refractivity (Wildman–Crippen MR) is 90.1 cm³/mol. The molecule has 8 nitrogen and oxygen atoms in total. The van der Waals surface area contributed by atoms with E-state index in [4.69, 9.17) is 9.15 Å². The van der Waals surface area contributed by atoms with Crippen LogP contribution in [0, 0.1) is 0 Å². The topological polar surface area (TPSA) is 103 Å². The molecule has 0 saturated carbocycles. The maximum Gasteiger partial charge on any atom is 0.311 e. The molecule has 1 unspecified atom stereocenters. The van der Waals surface area contributed by atoms with E-state index in [1.54, 1.807) is 25.1 Å². The molecule has 3 rings (SSSR count). The minimum absolute atomic E-state index is 0.0277. The Morgan fingerprint density at radius 3 is 2.76 bits per heavy atom. The van der Waals surface area contributed by atoms with E-state index in [1.165, 1.54) is 12.0 Å². The average molecular weight is 365 g/mol. The van der Waals surface area contributed by atoms with Crippen LogP contribution >= 0.6 is 0 Å². The van der Waals surface area contributed by atoms with Crippen molar-refractivity contribution in [3.8, 4) is 17.2 Å². The van der Waals surface area contributed by atoms with Crippen molar-refractivity contribution in [1.29, 1.82) is 0 Å². The van der Waals surface area contributed by atoms with E-state index >= 15 is 0 Å². The molecule has 0 N–H and O–H groups in total. The third-order valence-electron chi connectivity index (χ3n) is 4.20. The number of sulfone groups is 1. The molecule has 0 radical (unpaired) electrons. The third kappa shape index (κ3) is 3.51. The lowest BCUT2D eigenvalue weighted by Crippen LogP contribution is -2.41. The summed E-state index contributed by atoms with van der Waals surface area (Å²) in [5.74, 6) is 0.179. The lowest BCUT2D eigenvalue weighted by molar-refractivity contribution is 0.0668. The van der Waals surface area contributed by atoms with Crippen LogP contribution in [0.4, 0.5) is 0 Å². The van der Waals surface area contributed by atoms with E-state index in [1.807, 2.05) is 6.07 Å². The summed E-state index contributed by atoms with van der Waals surface area (Å²) in [6.07, 6.45) is 0.426. The van der Waals surface area contributed by atoms with Gasteiger partial charge in [-0.1, -0.05) is 12.1 Å². The van der Waals surface area contributed by atoms with Crippen molar-refractivity contribution < 1.29 is 22.4 Å². The Kier molecular flexibility index (Phi) is 4.76. The highest BCUT2D eigenvalue weighted by Crippen LogP contribution is 2.29. The number of methoxy groups -OCH3 is 1. The highest BCUT2D eigenvalue weighted by molar-refractivity contribution is 7.91. The molecule has 25 heavy (non-hydrogen) atoms. The molecule has 1 aromatic carbocycles. The smallest absolute Gasteiger partial charge is 0.311 e. The molecule has 1 atom stereocenters. The first-order valence-corrected chi connectivity index (χ1v) is 9.75. The predicted octanol–water partition coefficient (Wildman–Crippen LogP) is 1.39. The first kappa shape index (κ1) is 17.4. The van der Waals surface area contributed by atoms with E-state index in [0.717, 1.165) is 0 Å². The zero-order chi connectivity index (χ0) is 18.0. The molecule has 1 amide bonds. The molecule has 1 aliphatic rings. The van der Waals surface area contributed by atoms with Gasteiger partial charge in [-0.15, -0.1) is 10.2 Å². The maximum atomic E-state index is 12.7. The highest BCUT2D eigenvalue weighted by atomic mass is 32.2. The third-order valence-corrected chi connectivity index (χ3v) is 5.95. The Balaban J connectivity index is 1.85. The molecule has 1 fully saturated rings. The van der Waals surface area contributed by atoms with Crippen LogP contribution in [0.3, 0.4) is 0 Å². The van der Waals surface area contributed by atoms with Gasteiger partial charge in [0, 0.05) is 12.6 Å². The normalized spacial score (nSPS) is 18.9. The summed E-state index contributed by atoms with van der Waals surface area (Å²) in [5.41, 5.74) is 0.586. The van der Waals surface area contributed by atoms with Crippen molar-refractivity contribution >= 4 is 15.7 Å². The number of hydrogen-bond donors (Lipinski definition) is 0. The van der Waals surface area contributed by atoms with Gasteiger partial charge in [0.25, 0.3) is 5.89 Å². The van der Waals surface area contributed by atoms with E-state index in [-0.39, 0.29) is 29.3 Å². The largest absolute Gasteiger partial charge is 0.496 e. The van der Waals surface area contributed by atoms with Crippen LogP contribution in [0.15, 0.2) is 28.7 Å². The summed E-state index contributed by atoms with van der Waals surface area (Å²) < 4.78 is 34.1. The van der Waals surface area contributed by atoms with Gasteiger partial charge in [-0.25, -0.2) is 8.42 Å². The van der Waals surface area contributed by atoms with Crippen LogP contribution < -0.4 is 4.74 Å². The fourth-order valence-electron chi connectivity index (χ4n) is 2.95. The van der Waals surface area contributed by atoms with Gasteiger partial charge in [0.2, 0.25) is 0 Å². The zero-order valence-corrected chi connectivity index (χ0v) is 14.8. The molecular formula is C16H19N3O5S. The Morgan fingerprint density at radius 1 is 1.36 bits per heavy atom. The monoisotopic (exact) mass is 365 g/mol. The van der Waals surface area contributed by atoms with Crippen molar-refractivity contribution in [2.75, 3.05) is 25.2 Å². The molecule has 1 saturated heterocycles. The molecule has 2 heterocycles. The summed E-state index contributed by atoms with van der Waals surface area (Å²) in [6, 6.07) is 6.75. The Bertz CT molecular complexity index is 877. The van der Waals surface area contributed by atoms with Crippen molar-refractivity contribution in [2.45, 2.75) is 19.4 Å². The minimum Gasteiger partial charge on any atom is -0.496 e. The van der Waals surface area contributed by atoms with Crippen LogP contribution in [-0.4, -0.2) is 60.6 Å². The molecule has 9 heteroatoms. The van der Waals surface area contributed by atoms with Gasteiger partial charge < -0.3 is 14.1 Å². The van der Waals surface area contributed by atoms with Crippen LogP contribution in [0.1, 0.15) is 24.0 Å². The molecule has 2 aromatic rings. The average Bonchev–Trinajstić information content (AvgIpc) is 3.22. The van der Waals surface area contributed by atoms with Gasteiger partial charge in [-0.2, -0.15) is 0 Å². The second-order valence-corrected chi connectivity index (χ2v) is 7.99. The number of amides is 1. The van der Waals surface area contributed by atoms with Gasteiger partial charge >= 0.3 is 11.8 Å². The van der Waals surface area contributed by atoms with E-state index in [9.17, 15) is 13.2 Å². The van der Waals surface area contributed by atoms with E-state index in [2.05, 4.69) is 10.2 Å². The van der Waals surface area contributed by atoms with Crippen molar-refractivity contribution in [3.05, 3.63) is 30.2 Å². The molecule has 0 aliphatic carbocycles. The summed E-state index contributed by atoms with van der Waals surface area (Å²) >= 11 is 0. The lowest BCUT2D eigenvalue weighted by Gasteiger charge is -2.25. The van der Waals surface area contributed by atoms with Crippen molar-refractivity contribution in [2.24, 2.45) is 0 Å². The van der Waals surface area contributed by atoms with Gasteiger partial charge in [0.1, 0.15) is 5.75 Å². The van der Waals surface area contributed by atoms with Crippen LogP contribution in [0.5, 0.6) is 5.75 Å². The van der Waals surface area contributed by atoms with Crippen LogP contribution in [0.2, 0.25) is 0 Å². The number of para-hydroxylation sites is 1. The van der Waals surface area contributed by atoms with Crippen molar-refractivity contribution in [1.82, 2.24) is 15.1 Å². The summed E-state index contributed by atoms with van der Waals surface area (Å²) in [6.45, 7) is 2.16.